The average molecular weight is 237 g/mol. The average Bonchev–Trinajstić information content (AvgIpc) is 2.59. The molecule has 0 atom stereocenters. The van der Waals surface area contributed by atoms with Gasteiger partial charge in [0, 0.05) is 36.3 Å². The number of carbonyl (C=O) groups excluding carboxylic acids is 1. The summed E-state index contributed by atoms with van der Waals surface area (Å²) in [4.78, 5) is 14.1. The molecule has 84 valence electrons. The maximum Gasteiger partial charge on any atom is 0.210 e. The minimum absolute atomic E-state index is 0.0332. The Bertz CT molecular complexity index is 451. The number of hydrogen-bond acceptors (Lipinski definition) is 3. The summed E-state index contributed by atoms with van der Waals surface area (Å²) in [5.74, 6) is -0.0332. The van der Waals surface area contributed by atoms with Crippen LogP contribution in [0.15, 0.2) is 35.7 Å². The molecule has 0 fully saturated rings. The summed E-state index contributed by atoms with van der Waals surface area (Å²) in [7, 11) is 1.88. The lowest BCUT2D eigenvalue weighted by molar-refractivity contribution is 0.100. The van der Waals surface area contributed by atoms with Crippen LogP contribution in [-0.2, 0) is 0 Å². The molecule has 16 heavy (non-hydrogen) atoms. The fraction of sp³-hybridized carbons (Fsp3) is 0.250. The van der Waals surface area contributed by atoms with Crippen molar-refractivity contribution in [2.24, 2.45) is 5.73 Å². The molecule has 0 aliphatic carbocycles. The molecule has 2 N–H and O–H groups in total. The largest absolute Gasteiger partial charge is 0.400 e. The van der Waals surface area contributed by atoms with E-state index in [2.05, 4.69) is 0 Å². The molecular formula is C12H13ClN2O. The van der Waals surface area contributed by atoms with Crippen LogP contribution in [0.1, 0.15) is 16.8 Å². The van der Waals surface area contributed by atoms with Gasteiger partial charge in [-0.3, -0.25) is 4.79 Å². The zero-order valence-corrected chi connectivity index (χ0v) is 9.79. The number of nitrogens with zero attached hydrogens (tertiary/aromatic N) is 1. The molecule has 1 aromatic rings. The van der Waals surface area contributed by atoms with E-state index in [4.69, 9.17) is 17.3 Å². The van der Waals surface area contributed by atoms with Gasteiger partial charge in [-0.25, -0.2) is 0 Å². The van der Waals surface area contributed by atoms with Gasteiger partial charge in [0.05, 0.1) is 0 Å². The van der Waals surface area contributed by atoms with E-state index in [0.717, 1.165) is 13.0 Å². The number of carbonyl (C=O) groups is 1. The van der Waals surface area contributed by atoms with Crippen LogP contribution in [0.4, 0.5) is 0 Å². The van der Waals surface area contributed by atoms with E-state index in [9.17, 15) is 4.79 Å². The Morgan fingerprint density at radius 2 is 2.00 bits per heavy atom. The van der Waals surface area contributed by atoms with Crippen molar-refractivity contribution in [3.05, 3.63) is 46.2 Å². The second kappa shape index (κ2) is 4.18. The van der Waals surface area contributed by atoms with Crippen molar-refractivity contribution in [1.82, 2.24) is 4.90 Å². The highest BCUT2D eigenvalue weighted by molar-refractivity contribution is 6.30. The van der Waals surface area contributed by atoms with E-state index in [1.54, 1.807) is 24.3 Å². The monoisotopic (exact) mass is 236 g/mol. The first kappa shape index (κ1) is 11.0. The molecule has 0 bridgehead atoms. The minimum atomic E-state index is -0.0332. The Labute approximate surface area is 99.5 Å². The molecule has 1 aliphatic heterocycles. The highest BCUT2D eigenvalue weighted by Gasteiger charge is 2.24. The van der Waals surface area contributed by atoms with Crippen molar-refractivity contribution in [2.75, 3.05) is 13.6 Å². The lowest BCUT2D eigenvalue weighted by atomic mass is 10.1. The minimum Gasteiger partial charge on any atom is -0.400 e. The second-order valence-corrected chi connectivity index (χ2v) is 4.32. The topological polar surface area (TPSA) is 46.3 Å². The van der Waals surface area contributed by atoms with Crippen LogP contribution in [0.5, 0.6) is 0 Å². The van der Waals surface area contributed by atoms with Gasteiger partial charge in [0.1, 0.15) is 5.70 Å². The third kappa shape index (κ3) is 1.91. The molecule has 1 aliphatic rings. The van der Waals surface area contributed by atoms with E-state index >= 15 is 0 Å². The van der Waals surface area contributed by atoms with Gasteiger partial charge in [-0.2, -0.15) is 0 Å². The summed E-state index contributed by atoms with van der Waals surface area (Å²) in [6.07, 6.45) is 0.755. The third-order valence-corrected chi connectivity index (χ3v) is 2.98. The van der Waals surface area contributed by atoms with Gasteiger partial charge in [-0.15, -0.1) is 0 Å². The van der Waals surface area contributed by atoms with Gasteiger partial charge in [0.15, 0.2) is 0 Å². The van der Waals surface area contributed by atoms with Crippen molar-refractivity contribution >= 4 is 17.4 Å². The molecule has 0 spiro atoms. The summed E-state index contributed by atoms with van der Waals surface area (Å²) in [6, 6.07) is 6.86. The normalized spacial score (nSPS) is 15.8. The predicted molar refractivity (Wildman–Crippen MR) is 64.2 cm³/mol. The number of allylic oxidation sites excluding steroid dienone is 1. The lowest BCUT2D eigenvalue weighted by Crippen LogP contribution is -2.21. The number of halogens is 1. The summed E-state index contributed by atoms with van der Waals surface area (Å²) in [6.45, 7) is 0.806. The summed E-state index contributed by atoms with van der Waals surface area (Å²) < 4.78 is 0. The number of Topliss-reactive ketones (excluding diaryl/α,β-unsaturated/α-hetero) is 1. The fourth-order valence-corrected chi connectivity index (χ4v) is 1.95. The molecular weight excluding hydrogens is 224 g/mol. The van der Waals surface area contributed by atoms with E-state index < -0.39 is 0 Å². The van der Waals surface area contributed by atoms with E-state index in [0.29, 0.717) is 22.0 Å². The predicted octanol–water partition coefficient (Wildman–Crippen LogP) is 2.03. The second-order valence-electron chi connectivity index (χ2n) is 3.88. The molecule has 0 radical (unpaired) electrons. The SMILES string of the molecule is CN1CCC(N)=C1C(=O)c1ccc(Cl)cc1. The summed E-state index contributed by atoms with van der Waals surface area (Å²) >= 11 is 5.77. The number of benzene rings is 1. The van der Waals surface area contributed by atoms with Gasteiger partial charge in [0.25, 0.3) is 0 Å². The van der Waals surface area contributed by atoms with Gasteiger partial charge >= 0.3 is 0 Å². The van der Waals surface area contributed by atoms with Crippen molar-refractivity contribution in [2.45, 2.75) is 6.42 Å². The van der Waals surface area contributed by atoms with Crippen molar-refractivity contribution in [3.63, 3.8) is 0 Å². The van der Waals surface area contributed by atoms with Crippen LogP contribution in [0.2, 0.25) is 5.02 Å². The van der Waals surface area contributed by atoms with Crippen LogP contribution in [0, 0.1) is 0 Å². The van der Waals surface area contributed by atoms with E-state index in [1.807, 2.05) is 11.9 Å². The Balaban J connectivity index is 2.32. The van der Waals surface area contributed by atoms with Gasteiger partial charge in [-0.05, 0) is 24.3 Å². The Kier molecular flexibility index (Phi) is 2.88. The van der Waals surface area contributed by atoms with Crippen molar-refractivity contribution < 1.29 is 4.79 Å². The number of rotatable bonds is 2. The quantitative estimate of drug-likeness (QED) is 0.800. The fourth-order valence-electron chi connectivity index (χ4n) is 1.82. The van der Waals surface area contributed by atoms with Crippen molar-refractivity contribution in [1.29, 1.82) is 0 Å². The first-order valence-electron chi connectivity index (χ1n) is 5.09. The maximum atomic E-state index is 12.2. The van der Waals surface area contributed by atoms with Crippen LogP contribution in [0.3, 0.4) is 0 Å². The number of hydrogen-bond donors (Lipinski definition) is 1. The van der Waals surface area contributed by atoms with Gasteiger partial charge in [0.2, 0.25) is 5.78 Å². The van der Waals surface area contributed by atoms with E-state index in [1.165, 1.54) is 0 Å². The standard InChI is InChI=1S/C12H13ClN2O/c1-15-7-6-10(14)11(15)12(16)8-2-4-9(13)5-3-8/h2-5H,6-7,14H2,1H3. The van der Waals surface area contributed by atoms with E-state index in [-0.39, 0.29) is 5.78 Å². The first-order valence-corrected chi connectivity index (χ1v) is 5.47. The molecule has 0 saturated heterocycles. The molecule has 1 aromatic carbocycles. The molecule has 0 saturated carbocycles. The first-order chi connectivity index (χ1) is 7.59. The molecule has 3 nitrogen and oxygen atoms in total. The molecule has 0 amide bonds. The molecule has 2 rings (SSSR count). The molecule has 0 unspecified atom stereocenters. The Morgan fingerprint density at radius 3 is 2.50 bits per heavy atom. The van der Waals surface area contributed by atoms with Crippen molar-refractivity contribution in [3.8, 4) is 0 Å². The molecule has 0 aromatic heterocycles. The zero-order valence-electron chi connectivity index (χ0n) is 9.03. The third-order valence-electron chi connectivity index (χ3n) is 2.72. The Hall–Kier alpha value is -1.48. The summed E-state index contributed by atoms with van der Waals surface area (Å²) in [5, 5.41) is 0.623. The van der Waals surface area contributed by atoms with Crippen LogP contribution in [-0.4, -0.2) is 24.3 Å². The number of nitrogens with two attached hydrogens (primary N) is 1. The molecule has 4 heteroatoms. The smallest absolute Gasteiger partial charge is 0.210 e. The highest BCUT2D eigenvalue weighted by Crippen LogP contribution is 2.22. The highest BCUT2D eigenvalue weighted by atomic mass is 35.5. The lowest BCUT2D eigenvalue weighted by Gasteiger charge is -2.14. The number of likely N-dealkylation sites (N-methyl/N-ethyl adjacent to an activating group) is 1. The maximum absolute atomic E-state index is 12.2. The molecule has 1 heterocycles. The number of ketones is 1. The van der Waals surface area contributed by atoms with Crippen LogP contribution < -0.4 is 5.73 Å². The Morgan fingerprint density at radius 1 is 1.38 bits per heavy atom. The van der Waals surface area contributed by atoms with Crippen LogP contribution >= 0.6 is 11.6 Å². The zero-order chi connectivity index (χ0) is 11.7. The van der Waals surface area contributed by atoms with Gasteiger partial charge in [-0.1, -0.05) is 11.6 Å². The van der Waals surface area contributed by atoms with Gasteiger partial charge < -0.3 is 10.6 Å². The summed E-state index contributed by atoms with van der Waals surface area (Å²) in [5.41, 5.74) is 7.73. The van der Waals surface area contributed by atoms with Crippen LogP contribution in [0.25, 0.3) is 0 Å².